The molecule has 0 saturated carbocycles. The molecule has 4 heterocycles. The van der Waals surface area contributed by atoms with E-state index in [0.717, 1.165) is 52.1 Å². The smallest absolute Gasteiger partial charge is 0.263 e. The minimum atomic E-state index is -0.0862. The van der Waals surface area contributed by atoms with Crippen LogP contribution in [0.5, 0.6) is 0 Å². The lowest BCUT2D eigenvalue weighted by atomic mass is 9.90. The molecule has 0 radical (unpaired) electrons. The Morgan fingerprint density at radius 3 is 2.87 bits per heavy atom. The van der Waals surface area contributed by atoms with E-state index in [0.29, 0.717) is 4.88 Å². The molecule has 0 spiro atoms. The molecule has 1 atom stereocenters. The van der Waals surface area contributed by atoms with Crippen molar-refractivity contribution in [3.8, 4) is 11.1 Å². The number of hydrogen-bond acceptors (Lipinski definition) is 6. The van der Waals surface area contributed by atoms with Gasteiger partial charge in [0.15, 0.2) is 5.65 Å². The van der Waals surface area contributed by atoms with Gasteiger partial charge in [0.05, 0.1) is 29.1 Å². The Hall–Kier alpha value is -3.13. The fourth-order valence-corrected chi connectivity index (χ4v) is 4.89. The van der Waals surface area contributed by atoms with Gasteiger partial charge in [0, 0.05) is 28.8 Å². The summed E-state index contributed by atoms with van der Waals surface area (Å²) in [6.45, 7) is 6.31. The fraction of sp³-hybridized carbons (Fsp3) is 0.348. The lowest BCUT2D eigenvalue weighted by Gasteiger charge is -2.25. The number of carbonyl (C=O) groups is 1. The van der Waals surface area contributed by atoms with Crippen LogP contribution in [0, 0.1) is 0 Å². The molecule has 1 amide bonds. The second-order valence-electron chi connectivity index (χ2n) is 8.96. The van der Waals surface area contributed by atoms with Gasteiger partial charge in [-0.15, -0.1) is 11.3 Å². The highest BCUT2D eigenvalue weighted by Gasteiger charge is 2.26. The molecule has 4 aromatic heterocycles. The highest BCUT2D eigenvalue weighted by Crippen LogP contribution is 2.34. The molecular formula is C23H24N6OS. The molecule has 2 N–H and O–H groups in total. The number of H-pyrrole nitrogens is 1. The van der Waals surface area contributed by atoms with Crippen LogP contribution in [0.3, 0.4) is 0 Å². The fourth-order valence-electron chi connectivity index (χ4n) is 4.01. The summed E-state index contributed by atoms with van der Waals surface area (Å²) >= 11 is 1.46. The van der Waals surface area contributed by atoms with Crippen LogP contribution in [0.25, 0.3) is 22.2 Å². The summed E-state index contributed by atoms with van der Waals surface area (Å²) in [5.74, 6) is -0.0778. The summed E-state index contributed by atoms with van der Waals surface area (Å²) in [6.07, 6.45) is 9.99. The summed E-state index contributed by atoms with van der Waals surface area (Å²) in [7, 11) is 0. The van der Waals surface area contributed by atoms with E-state index in [-0.39, 0.29) is 17.4 Å². The Labute approximate surface area is 184 Å². The molecule has 0 unspecified atom stereocenters. The highest BCUT2D eigenvalue weighted by atomic mass is 32.1. The highest BCUT2D eigenvalue weighted by molar-refractivity contribution is 7.13. The van der Waals surface area contributed by atoms with Crippen molar-refractivity contribution in [2.24, 2.45) is 0 Å². The number of carbonyl (C=O) groups excluding carboxylic acids is 1. The molecule has 1 aliphatic carbocycles. The lowest BCUT2D eigenvalue weighted by molar-refractivity contribution is 0.0935. The van der Waals surface area contributed by atoms with E-state index >= 15 is 0 Å². The Morgan fingerprint density at radius 2 is 2.06 bits per heavy atom. The number of rotatable bonds is 3. The first-order valence-corrected chi connectivity index (χ1v) is 11.3. The van der Waals surface area contributed by atoms with Gasteiger partial charge in [-0.2, -0.15) is 5.10 Å². The molecule has 5 rings (SSSR count). The van der Waals surface area contributed by atoms with Gasteiger partial charge >= 0.3 is 0 Å². The Bertz CT molecular complexity index is 1270. The number of nitrogens with one attached hydrogen (secondary N) is 2. The SMILES string of the molecule is CC(C)(C)c1ncc(C(=O)N[C@H]2CCCc3cc(-c4ccnc5[nH]ncc45)cnc32)s1. The molecular weight excluding hydrogens is 408 g/mol. The third-order valence-electron chi connectivity index (χ3n) is 5.61. The summed E-state index contributed by atoms with van der Waals surface area (Å²) in [4.78, 5) is 27.1. The molecule has 0 aliphatic heterocycles. The van der Waals surface area contributed by atoms with Crippen LogP contribution in [-0.2, 0) is 11.8 Å². The van der Waals surface area contributed by atoms with Crippen LogP contribution in [0.15, 0.2) is 36.9 Å². The number of fused-ring (bicyclic) bond motifs is 2. The van der Waals surface area contributed by atoms with Gasteiger partial charge < -0.3 is 5.32 Å². The number of thiazole rings is 1. The normalized spacial score (nSPS) is 16.3. The molecule has 31 heavy (non-hydrogen) atoms. The predicted molar refractivity (Wildman–Crippen MR) is 121 cm³/mol. The third kappa shape index (κ3) is 3.72. The van der Waals surface area contributed by atoms with E-state index in [9.17, 15) is 4.79 Å². The van der Waals surface area contributed by atoms with Crippen LogP contribution in [0.2, 0.25) is 0 Å². The maximum Gasteiger partial charge on any atom is 0.263 e. The zero-order valence-corrected chi connectivity index (χ0v) is 18.6. The first-order valence-electron chi connectivity index (χ1n) is 10.4. The lowest BCUT2D eigenvalue weighted by Crippen LogP contribution is -2.31. The quantitative estimate of drug-likeness (QED) is 0.494. The zero-order valence-electron chi connectivity index (χ0n) is 17.8. The minimum absolute atomic E-state index is 0.0635. The number of aromatic amines is 1. The second kappa shape index (κ2) is 7.53. The number of aromatic nitrogens is 5. The van der Waals surface area contributed by atoms with E-state index in [1.165, 1.54) is 16.9 Å². The summed E-state index contributed by atoms with van der Waals surface area (Å²) in [5, 5.41) is 12.1. The molecule has 0 saturated heterocycles. The maximum atomic E-state index is 12.9. The van der Waals surface area contributed by atoms with Gasteiger partial charge in [0.1, 0.15) is 4.88 Å². The van der Waals surface area contributed by atoms with Gasteiger partial charge in [-0.3, -0.25) is 14.9 Å². The van der Waals surface area contributed by atoms with Crippen molar-refractivity contribution in [1.82, 2.24) is 30.5 Å². The first-order chi connectivity index (χ1) is 14.9. The summed E-state index contributed by atoms with van der Waals surface area (Å²) in [6, 6.07) is 4.09. The van der Waals surface area contributed by atoms with Crippen LogP contribution in [-0.4, -0.2) is 31.1 Å². The van der Waals surface area contributed by atoms with Gasteiger partial charge in [0.2, 0.25) is 0 Å². The van der Waals surface area contributed by atoms with E-state index < -0.39 is 0 Å². The van der Waals surface area contributed by atoms with Crippen molar-refractivity contribution in [2.75, 3.05) is 0 Å². The molecule has 0 bridgehead atoms. The van der Waals surface area contributed by atoms with Crippen LogP contribution >= 0.6 is 11.3 Å². The van der Waals surface area contributed by atoms with Crippen molar-refractivity contribution in [3.05, 3.63) is 58.1 Å². The largest absolute Gasteiger partial charge is 0.343 e. The molecule has 0 aromatic carbocycles. The van der Waals surface area contributed by atoms with Crippen molar-refractivity contribution < 1.29 is 4.79 Å². The number of hydrogen-bond donors (Lipinski definition) is 2. The second-order valence-corrected chi connectivity index (χ2v) is 9.99. The molecule has 0 fully saturated rings. The number of aryl methyl sites for hydroxylation is 1. The van der Waals surface area contributed by atoms with E-state index in [1.807, 2.05) is 12.3 Å². The molecule has 7 nitrogen and oxygen atoms in total. The van der Waals surface area contributed by atoms with E-state index in [2.05, 4.69) is 52.3 Å². The monoisotopic (exact) mass is 432 g/mol. The zero-order chi connectivity index (χ0) is 21.6. The standard InChI is InChI=1S/C23H24N6OS/c1-23(2,3)22-26-12-18(31-22)21(30)28-17-6-4-5-13-9-14(10-25-19(13)17)15-7-8-24-20-16(15)11-27-29-20/h7-12,17H,4-6H2,1-3H3,(H,28,30)(H,24,27,29)/t17-/m0/s1. The predicted octanol–water partition coefficient (Wildman–Crippen LogP) is 4.58. The summed E-state index contributed by atoms with van der Waals surface area (Å²) < 4.78 is 0. The number of pyridine rings is 2. The Balaban J connectivity index is 1.41. The van der Waals surface area contributed by atoms with Gasteiger partial charge in [0.25, 0.3) is 5.91 Å². The first kappa shape index (κ1) is 19.8. The van der Waals surface area contributed by atoms with E-state index in [1.54, 1.807) is 18.6 Å². The van der Waals surface area contributed by atoms with Crippen LogP contribution in [0.1, 0.15) is 65.6 Å². The van der Waals surface area contributed by atoms with Crippen LogP contribution in [0.4, 0.5) is 0 Å². The Kier molecular flexibility index (Phi) is 4.81. The van der Waals surface area contributed by atoms with Crippen molar-refractivity contribution in [2.45, 2.75) is 51.5 Å². The summed E-state index contributed by atoms with van der Waals surface area (Å²) in [5.41, 5.74) is 4.94. The van der Waals surface area contributed by atoms with Crippen LogP contribution < -0.4 is 5.32 Å². The van der Waals surface area contributed by atoms with Gasteiger partial charge in [-0.05, 0) is 42.5 Å². The van der Waals surface area contributed by atoms with Gasteiger partial charge in [-0.25, -0.2) is 9.97 Å². The van der Waals surface area contributed by atoms with Crippen molar-refractivity contribution in [3.63, 3.8) is 0 Å². The average molecular weight is 433 g/mol. The minimum Gasteiger partial charge on any atom is -0.343 e. The molecule has 4 aromatic rings. The Morgan fingerprint density at radius 1 is 1.19 bits per heavy atom. The number of amides is 1. The van der Waals surface area contributed by atoms with Gasteiger partial charge in [-0.1, -0.05) is 20.8 Å². The van der Waals surface area contributed by atoms with Crippen molar-refractivity contribution in [1.29, 1.82) is 0 Å². The molecule has 1 aliphatic rings. The number of nitrogens with zero attached hydrogens (tertiary/aromatic N) is 4. The van der Waals surface area contributed by atoms with Crippen molar-refractivity contribution >= 4 is 28.3 Å². The molecule has 158 valence electrons. The van der Waals surface area contributed by atoms with E-state index in [4.69, 9.17) is 4.98 Å². The third-order valence-corrected chi connectivity index (χ3v) is 7.03. The maximum absolute atomic E-state index is 12.9. The topological polar surface area (TPSA) is 96.5 Å². The molecule has 8 heteroatoms. The average Bonchev–Trinajstić information content (AvgIpc) is 3.43.